The lowest BCUT2D eigenvalue weighted by molar-refractivity contribution is -0.501. The van der Waals surface area contributed by atoms with Crippen LogP contribution in [0.4, 0.5) is 0 Å². The van der Waals surface area contributed by atoms with Crippen LogP contribution in [-0.2, 0) is 4.74 Å². The molecule has 1 N–H and O–H groups in total. The predicted octanol–water partition coefficient (Wildman–Crippen LogP) is 0.297. The summed E-state index contributed by atoms with van der Waals surface area (Å²) in [7, 11) is 1.47. The summed E-state index contributed by atoms with van der Waals surface area (Å²) in [6.07, 6.45) is -0.326. The number of nitro groups is 1. The minimum Gasteiger partial charge on any atom is -0.395 e. The quantitative estimate of drug-likeness (QED) is 0.484. The Bertz CT molecular complexity index is 161. The minimum atomic E-state index is -0.793. The Morgan fingerprint density at radius 3 is 2.50 bits per heavy atom. The lowest BCUT2D eigenvalue weighted by Crippen LogP contribution is -2.41. The molecule has 12 heavy (non-hydrogen) atoms. The number of hydrogen-bond acceptors (Lipinski definition) is 4. The highest BCUT2D eigenvalue weighted by atomic mass is 16.6. The molecule has 0 saturated heterocycles. The summed E-state index contributed by atoms with van der Waals surface area (Å²) in [6.45, 7) is 2.81. The zero-order valence-corrected chi connectivity index (χ0v) is 7.61. The van der Waals surface area contributed by atoms with Crippen molar-refractivity contribution in [3.05, 3.63) is 10.1 Å². The van der Waals surface area contributed by atoms with Crippen LogP contribution in [0.5, 0.6) is 0 Å². The van der Waals surface area contributed by atoms with Crippen LogP contribution in [-0.4, -0.2) is 36.4 Å². The zero-order chi connectivity index (χ0) is 9.78. The van der Waals surface area contributed by atoms with Crippen molar-refractivity contribution in [1.29, 1.82) is 0 Å². The molecule has 0 radical (unpaired) electrons. The average Bonchev–Trinajstić information content (AvgIpc) is 2.01. The molecule has 0 aliphatic heterocycles. The van der Waals surface area contributed by atoms with E-state index < -0.39 is 10.3 Å². The van der Waals surface area contributed by atoms with Crippen LogP contribution < -0.4 is 0 Å². The van der Waals surface area contributed by atoms with Gasteiger partial charge >= 0.3 is 0 Å². The van der Waals surface area contributed by atoms with Crippen molar-refractivity contribution in [3.8, 4) is 0 Å². The van der Waals surface area contributed by atoms with E-state index in [1.165, 1.54) is 7.11 Å². The number of hydrogen-bond donors (Lipinski definition) is 1. The van der Waals surface area contributed by atoms with E-state index in [4.69, 9.17) is 9.84 Å². The van der Waals surface area contributed by atoms with Gasteiger partial charge in [-0.15, -0.1) is 0 Å². The standard InChI is InChI=1S/C7H15NO4/c1-6(12-3)7(2,5-9)4-8(10)11/h6,9H,4-5H2,1-3H3/t6-,7?/m0/s1. The Hall–Kier alpha value is -0.680. The Kier molecular flexibility index (Phi) is 4.12. The molecule has 0 aromatic heterocycles. The highest BCUT2D eigenvalue weighted by Gasteiger charge is 2.36. The highest BCUT2D eigenvalue weighted by molar-refractivity contribution is 4.79. The number of aliphatic hydroxyl groups excluding tert-OH is 1. The third-order valence-electron chi connectivity index (χ3n) is 2.19. The van der Waals surface area contributed by atoms with E-state index in [0.717, 1.165) is 0 Å². The molecular weight excluding hydrogens is 162 g/mol. The Morgan fingerprint density at radius 1 is 1.75 bits per heavy atom. The first-order chi connectivity index (χ1) is 5.46. The van der Waals surface area contributed by atoms with Gasteiger partial charge in [0.15, 0.2) is 0 Å². The largest absolute Gasteiger partial charge is 0.395 e. The molecule has 0 saturated carbocycles. The molecule has 0 spiro atoms. The van der Waals surface area contributed by atoms with Gasteiger partial charge in [-0.05, 0) is 13.8 Å². The SMILES string of the molecule is CO[C@@H](C)C(C)(CO)C[N+](=O)[O-]. The van der Waals surface area contributed by atoms with Crippen LogP contribution >= 0.6 is 0 Å². The van der Waals surface area contributed by atoms with Gasteiger partial charge in [-0.2, -0.15) is 0 Å². The second kappa shape index (κ2) is 4.37. The fourth-order valence-corrected chi connectivity index (χ4v) is 0.887. The van der Waals surface area contributed by atoms with Gasteiger partial charge in [-0.1, -0.05) is 0 Å². The van der Waals surface area contributed by atoms with E-state index in [9.17, 15) is 10.1 Å². The molecule has 2 atom stereocenters. The van der Waals surface area contributed by atoms with Crippen LogP contribution in [0.2, 0.25) is 0 Å². The molecule has 0 heterocycles. The van der Waals surface area contributed by atoms with Gasteiger partial charge in [0, 0.05) is 12.0 Å². The predicted molar refractivity (Wildman–Crippen MR) is 43.5 cm³/mol. The molecule has 72 valence electrons. The summed E-state index contributed by atoms with van der Waals surface area (Å²) in [5.41, 5.74) is -0.793. The maximum absolute atomic E-state index is 10.2. The van der Waals surface area contributed by atoms with Crippen molar-refractivity contribution < 1.29 is 14.8 Å². The van der Waals surface area contributed by atoms with E-state index in [0.29, 0.717) is 0 Å². The van der Waals surface area contributed by atoms with Gasteiger partial charge in [0.05, 0.1) is 18.1 Å². The zero-order valence-electron chi connectivity index (χ0n) is 7.61. The summed E-state index contributed by atoms with van der Waals surface area (Å²) < 4.78 is 4.94. The van der Waals surface area contributed by atoms with Crippen LogP contribution in [0.25, 0.3) is 0 Å². The van der Waals surface area contributed by atoms with E-state index in [1.807, 2.05) is 0 Å². The molecule has 0 aromatic carbocycles. The van der Waals surface area contributed by atoms with Crippen LogP contribution in [0.15, 0.2) is 0 Å². The molecule has 0 aromatic rings. The van der Waals surface area contributed by atoms with Crippen LogP contribution in [0, 0.1) is 15.5 Å². The first kappa shape index (κ1) is 11.3. The number of rotatable bonds is 5. The number of methoxy groups -OCH3 is 1. The normalized spacial score (nSPS) is 18.3. The van der Waals surface area contributed by atoms with E-state index >= 15 is 0 Å². The summed E-state index contributed by atoms with van der Waals surface area (Å²) in [5, 5.41) is 19.2. The summed E-state index contributed by atoms with van der Waals surface area (Å²) >= 11 is 0. The lowest BCUT2D eigenvalue weighted by atomic mass is 9.86. The summed E-state index contributed by atoms with van der Waals surface area (Å²) in [5.74, 6) is 0. The molecule has 0 rings (SSSR count). The second-order valence-electron chi connectivity index (χ2n) is 3.18. The summed E-state index contributed by atoms with van der Waals surface area (Å²) in [6, 6.07) is 0. The van der Waals surface area contributed by atoms with Gasteiger partial charge in [-0.3, -0.25) is 10.1 Å². The third-order valence-corrected chi connectivity index (χ3v) is 2.19. The molecule has 5 nitrogen and oxygen atoms in total. The molecule has 0 bridgehead atoms. The Balaban J connectivity index is 4.32. The molecule has 0 aliphatic rings. The first-order valence-corrected chi connectivity index (χ1v) is 3.71. The Morgan fingerprint density at radius 2 is 2.25 bits per heavy atom. The number of nitrogens with zero attached hydrogens (tertiary/aromatic N) is 1. The molecule has 0 amide bonds. The van der Waals surface area contributed by atoms with E-state index in [1.54, 1.807) is 13.8 Å². The molecule has 1 unspecified atom stereocenters. The van der Waals surface area contributed by atoms with Gasteiger partial charge in [-0.25, -0.2) is 0 Å². The summed E-state index contributed by atoms with van der Waals surface area (Å²) in [4.78, 5) is 9.79. The van der Waals surface area contributed by atoms with E-state index in [2.05, 4.69) is 0 Å². The maximum atomic E-state index is 10.2. The fraction of sp³-hybridized carbons (Fsp3) is 1.00. The van der Waals surface area contributed by atoms with Crippen molar-refractivity contribution in [3.63, 3.8) is 0 Å². The van der Waals surface area contributed by atoms with Crippen molar-refractivity contribution >= 4 is 0 Å². The lowest BCUT2D eigenvalue weighted by Gasteiger charge is -2.28. The topological polar surface area (TPSA) is 72.6 Å². The highest BCUT2D eigenvalue weighted by Crippen LogP contribution is 2.22. The van der Waals surface area contributed by atoms with Gasteiger partial charge in [0.1, 0.15) is 0 Å². The van der Waals surface area contributed by atoms with Crippen molar-refractivity contribution in [2.24, 2.45) is 5.41 Å². The van der Waals surface area contributed by atoms with Crippen molar-refractivity contribution in [2.75, 3.05) is 20.3 Å². The number of aliphatic hydroxyl groups is 1. The molecular formula is C7H15NO4. The van der Waals surface area contributed by atoms with Gasteiger partial charge < -0.3 is 9.84 Å². The average molecular weight is 177 g/mol. The van der Waals surface area contributed by atoms with Crippen LogP contribution in [0.1, 0.15) is 13.8 Å². The second-order valence-corrected chi connectivity index (χ2v) is 3.18. The monoisotopic (exact) mass is 177 g/mol. The maximum Gasteiger partial charge on any atom is 0.213 e. The van der Waals surface area contributed by atoms with Crippen molar-refractivity contribution in [1.82, 2.24) is 0 Å². The smallest absolute Gasteiger partial charge is 0.213 e. The third kappa shape index (κ3) is 2.75. The first-order valence-electron chi connectivity index (χ1n) is 3.71. The Labute approximate surface area is 71.5 Å². The van der Waals surface area contributed by atoms with Gasteiger partial charge in [0.25, 0.3) is 0 Å². The van der Waals surface area contributed by atoms with E-state index in [-0.39, 0.29) is 19.3 Å². The van der Waals surface area contributed by atoms with Gasteiger partial charge in [0.2, 0.25) is 6.54 Å². The fourth-order valence-electron chi connectivity index (χ4n) is 0.887. The van der Waals surface area contributed by atoms with Crippen molar-refractivity contribution in [2.45, 2.75) is 20.0 Å². The number of ether oxygens (including phenoxy) is 1. The molecule has 0 aliphatic carbocycles. The molecule has 5 heteroatoms. The van der Waals surface area contributed by atoms with Crippen LogP contribution in [0.3, 0.4) is 0 Å². The molecule has 0 fully saturated rings. The minimum absolute atomic E-state index is 0.247.